The van der Waals surface area contributed by atoms with E-state index in [1.807, 2.05) is 0 Å². The van der Waals surface area contributed by atoms with Crippen molar-refractivity contribution < 1.29 is 9.47 Å². The minimum Gasteiger partial charge on any atom is -0.497 e. The Labute approximate surface area is 204 Å². The molecule has 6 nitrogen and oxygen atoms in total. The number of nitrogens with zero attached hydrogens (tertiary/aromatic N) is 3. The molecule has 2 saturated heterocycles. The van der Waals surface area contributed by atoms with Crippen LogP contribution in [-0.4, -0.2) is 74.5 Å². The van der Waals surface area contributed by atoms with E-state index in [-0.39, 0.29) is 11.6 Å². The number of anilines is 1. The molecule has 3 aliphatic heterocycles. The average Bonchev–Trinajstić information content (AvgIpc) is 3.14. The zero-order chi connectivity index (χ0) is 24.0. The number of aryl methyl sites for hydroxylation is 2. The third kappa shape index (κ3) is 4.16. The maximum atomic E-state index is 6.62. The van der Waals surface area contributed by atoms with E-state index in [0.717, 1.165) is 57.3 Å². The van der Waals surface area contributed by atoms with Crippen LogP contribution in [0.15, 0.2) is 30.3 Å². The quantitative estimate of drug-likeness (QED) is 0.741. The zero-order valence-corrected chi connectivity index (χ0v) is 21.6. The summed E-state index contributed by atoms with van der Waals surface area (Å²) in [6.07, 6.45) is 0.374. The largest absolute Gasteiger partial charge is 0.497 e. The van der Waals surface area contributed by atoms with Crippen molar-refractivity contribution in [3.8, 4) is 11.5 Å². The summed E-state index contributed by atoms with van der Waals surface area (Å²) in [4.78, 5) is 7.78. The lowest BCUT2D eigenvalue weighted by molar-refractivity contribution is -0.00849. The van der Waals surface area contributed by atoms with Gasteiger partial charge in [0.25, 0.3) is 0 Å². The molecule has 2 fully saturated rings. The molecule has 1 N–H and O–H groups in total. The first-order valence-corrected chi connectivity index (χ1v) is 12.7. The third-order valence-electron chi connectivity index (χ3n) is 8.08. The molecule has 0 radical (unpaired) electrons. The Morgan fingerprint density at radius 1 is 0.941 bits per heavy atom. The zero-order valence-electron chi connectivity index (χ0n) is 21.6. The summed E-state index contributed by atoms with van der Waals surface area (Å²) in [7, 11) is 1.72. The Kier molecular flexibility index (Phi) is 6.25. The summed E-state index contributed by atoms with van der Waals surface area (Å²) in [5.74, 6) is 2.03. The lowest BCUT2D eigenvalue weighted by atomic mass is 9.88. The second-order valence-corrected chi connectivity index (χ2v) is 10.7. The first-order valence-electron chi connectivity index (χ1n) is 12.7. The van der Waals surface area contributed by atoms with Gasteiger partial charge in [0.1, 0.15) is 17.1 Å². The molecule has 0 aromatic heterocycles. The number of fused-ring (bicyclic) bond motifs is 1. The van der Waals surface area contributed by atoms with Crippen LogP contribution in [0.4, 0.5) is 5.69 Å². The lowest BCUT2D eigenvalue weighted by Crippen LogP contribution is -2.63. The summed E-state index contributed by atoms with van der Waals surface area (Å²) >= 11 is 0. The minimum atomic E-state index is -0.236. The van der Waals surface area contributed by atoms with E-state index >= 15 is 0 Å². The van der Waals surface area contributed by atoms with Crippen molar-refractivity contribution in [3.05, 3.63) is 52.6 Å². The van der Waals surface area contributed by atoms with E-state index < -0.39 is 0 Å². The summed E-state index contributed by atoms with van der Waals surface area (Å²) in [6.45, 7) is 18.5. The number of methoxy groups -OCH3 is 1. The molecule has 3 aliphatic rings. The van der Waals surface area contributed by atoms with Crippen molar-refractivity contribution in [1.82, 2.24) is 15.1 Å². The highest BCUT2D eigenvalue weighted by atomic mass is 16.5. The van der Waals surface area contributed by atoms with Crippen LogP contribution in [0, 0.1) is 20.8 Å². The normalized spacial score (nSPS) is 25.2. The van der Waals surface area contributed by atoms with Crippen molar-refractivity contribution in [3.63, 3.8) is 0 Å². The highest BCUT2D eigenvalue weighted by Crippen LogP contribution is 2.50. The topological polar surface area (TPSA) is 40.2 Å². The maximum Gasteiger partial charge on any atom is 0.128 e. The fourth-order valence-electron chi connectivity index (χ4n) is 6.15. The SMILES string of the molecule is COc1ccc(N2CCN(C3CN(C4c5c(C)cc(C)c(C)c5OC4(C)C)CCN3)CC2)cc1. The number of hydrogen-bond acceptors (Lipinski definition) is 6. The number of piperazine rings is 2. The number of benzene rings is 2. The van der Waals surface area contributed by atoms with Crippen molar-refractivity contribution >= 4 is 5.69 Å². The molecular weight excluding hydrogens is 424 g/mol. The smallest absolute Gasteiger partial charge is 0.128 e. The highest BCUT2D eigenvalue weighted by molar-refractivity contribution is 5.55. The van der Waals surface area contributed by atoms with Gasteiger partial charge in [0.2, 0.25) is 0 Å². The molecule has 0 bridgehead atoms. The third-order valence-corrected chi connectivity index (χ3v) is 8.08. The van der Waals surface area contributed by atoms with Crippen molar-refractivity contribution in [1.29, 1.82) is 0 Å². The van der Waals surface area contributed by atoms with Crippen molar-refractivity contribution in [2.45, 2.75) is 52.4 Å². The molecule has 5 rings (SSSR count). The van der Waals surface area contributed by atoms with Crippen LogP contribution in [0.5, 0.6) is 11.5 Å². The molecule has 3 heterocycles. The van der Waals surface area contributed by atoms with Gasteiger partial charge in [-0.2, -0.15) is 0 Å². The monoisotopic (exact) mass is 464 g/mol. The number of rotatable bonds is 4. The number of hydrogen-bond donors (Lipinski definition) is 1. The Hall–Kier alpha value is -2.28. The van der Waals surface area contributed by atoms with Gasteiger partial charge >= 0.3 is 0 Å². The van der Waals surface area contributed by atoms with E-state index in [0.29, 0.717) is 6.17 Å². The van der Waals surface area contributed by atoms with Crippen molar-refractivity contribution in [2.75, 3.05) is 57.8 Å². The standard InChI is InChI=1S/C28H40N4O2/c1-19-17-20(2)25-26(21(19)3)34-28(4,5)27(25)32-12-11-29-24(18-32)31-15-13-30(14-16-31)22-7-9-23(33-6)10-8-22/h7-10,17,24,27,29H,11-16,18H2,1-6H3. The summed E-state index contributed by atoms with van der Waals surface area (Å²) in [5, 5.41) is 3.81. The maximum absolute atomic E-state index is 6.62. The Bertz CT molecular complexity index is 1030. The van der Waals surface area contributed by atoms with E-state index in [1.165, 1.54) is 27.9 Å². The Balaban J connectivity index is 1.28. The summed E-state index contributed by atoms with van der Waals surface area (Å²) < 4.78 is 11.9. The van der Waals surface area contributed by atoms with Crippen LogP contribution < -0.4 is 19.7 Å². The minimum absolute atomic E-state index is 0.236. The van der Waals surface area contributed by atoms with Crippen LogP contribution in [0.25, 0.3) is 0 Å². The van der Waals surface area contributed by atoms with Gasteiger partial charge in [0.15, 0.2) is 0 Å². The van der Waals surface area contributed by atoms with E-state index in [1.54, 1.807) is 7.11 Å². The second-order valence-electron chi connectivity index (χ2n) is 10.7. The van der Waals surface area contributed by atoms with Gasteiger partial charge in [-0.15, -0.1) is 0 Å². The van der Waals surface area contributed by atoms with Crippen LogP contribution in [-0.2, 0) is 0 Å². The molecular formula is C28H40N4O2. The van der Waals surface area contributed by atoms with E-state index in [9.17, 15) is 0 Å². The van der Waals surface area contributed by atoms with Crippen molar-refractivity contribution in [2.24, 2.45) is 0 Å². The van der Waals surface area contributed by atoms with Gasteiger partial charge < -0.3 is 14.4 Å². The van der Waals surface area contributed by atoms with Crippen LogP contribution in [0.2, 0.25) is 0 Å². The predicted molar refractivity (Wildman–Crippen MR) is 138 cm³/mol. The fraction of sp³-hybridized carbons (Fsp3) is 0.571. The molecule has 184 valence electrons. The number of nitrogens with one attached hydrogen (secondary N) is 1. The molecule has 2 atom stereocenters. The van der Waals surface area contributed by atoms with Gasteiger partial charge in [-0.25, -0.2) is 0 Å². The molecule has 0 amide bonds. The summed E-state index contributed by atoms with van der Waals surface area (Å²) in [5.41, 5.74) is 6.41. The first kappa shape index (κ1) is 23.5. The highest BCUT2D eigenvalue weighted by Gasteiger charge is 2.47. The Morgan fingerprint density at radius 2 is 1.65 bits per heavy atom. The Morgan fingerprint density at radius 3 is 2.32 bits per heavy atom. The predicted octanol–water partition coefficient (Wildman–Crippen LogP) is 3.89. The second kappa shape index (κ2) is 9.06. The van der Waals surface area contributed by atoms with E-state index in [4.69, 9.17) is 9.47 Å². The molecule has 6 heteroatoms. The first-order chi connectivity index (χ1) is 16.3. The van der Waals surface area contributed by atoms with E-state index in [2.05, 4.69) is 85.0 Å². The lowest BCUT2D eigenvalue weighted by Gasteiger charge is -2.47. The van der Waals surface area contributed by atoms with Crippen LogP contribution in [0.1, 0.15) is 42.1 Å². The van der Waals surface area contributed by atoms with Gasteiger partial charge in [-0.05, 0) is 75.6 Å². The van der Waals surface area contributed by atoms with Gasteiger partial charge in [-0.1, -0.05) is 6.07 Å². The van der Waals surface area contributed by atoms with Crippen LogP contribution in [0.3, 0.4) is 0 Å². The molecule has 2 aromatic carbocycles. The van der Waals surface area contributed by atoms with Gasteiger partial charge in [0.05, 0.1) is 19.3 Å². The fourth-order valence-corrected chi connectivity index (χ4v) is 6.15. The molecule has 2 aromatic rings. The summed E-state index contributed by atoms with van der Waals surface area (Å²) in [6, 6.07) is 11.1. The molecule has 0 aliphatic carbocycles. The number of ether oxygens (including phenoxy) is 2. The van der Waals surface area contributed by atoms with Gasteiger partial charge in [0, 0.05) is 57.1 Å². The molecule has 34 heavy (non-hydrogen) atoms. The average molecular weight is 465 g/mol. The molecule has 2 unspecified atom stereocenters. The molecule has 0 spiro atoms. The van der Waals surface area contributed by atoms with Gasteiger partial charge in [-0.3, -0.25) is 15.1 Å². The van der Waals surface area contributed by atoms with Crippen LogP contribution >= 0.6 is 0 Å². The molecule has 0 saturated carbocycles.